The number of benzene rings is 2. The Morgan fingerprint density at radius 1 is 1.02 bits per heavy atom. The first kappa shape index (κ1) is 28.0. The summed E-state index contributed by atoms with van der Waals surface area (Å²) in [5.41, 5.74) is 4.00. The van der Waals surface area contributed by atoms with Gasteiger partial charge in [-0.05, 0) is 87.9 Å². The highest BCUT2D eigenvalue weighted by Gasteiger charge is 2.33. The van der Waals surface area contributed by atoms with Gasteiger partial charge >= 0.3 is 0 Å². The summed E-state index contributed by atoms with van der Waals surface area (Å²) in [7, 11) is 1.88. The number of aromatic nitrogens is 2. The Kier molecular flexibility index (Phi) is 8.08. The molecule has 7 nitrogen and oxygen atoms in total. The van der Waals surface area contributed by atoms with Crippen molar-refractivity contribution in [2.24, 2.45) is 0 Å². The highest BCUT2D eigenvalue weighted by Crippen LogP contribution is 2.38. The van der Waals surface area contributed by atoms with Crippen LogP contribution in [-0.4, -0.2) is 64.3 Å². The maximum atomic E-state index is 13.6. The topological polar surface area (TPSA) is 69.6 Å². The summed E-state index contributed by atoms with van der Waals surface area (Å²) in [5, 5.41) is 0.100. The largest absolute Gasteiger partial charge is 0.356 e. The van der Waals surface area contributed by atoms with Crippen LogP contribution >= 0.6 is 11.6 Å². The number of hydrogen-bond donors (Lipinski definition) is 0. The first-order chi connectivity index (χ1) is 19.2. The summed E-state index contributed by atoms with van der Waals surface area (Å²) in [5.74, 6) is 0.979. The Labute approximate surface area is 240 Å². The van der Waals surface area contributed by atoms with Gasteiger partial charge < -0.3 is 14.7 Å². The predicted octanol–water partition coefficient (Wildman–Crippen LogP) is 5.78. The van der Waals surface area contributed by atoms with E-state index in [-0.39, 0.29) is 34.5 Å². The standard InChI is InChI=1S/C31H35ClFN5O2/c1-5-38(31(40)25-10-9-23(33)18-27(25)32)28-11-8-21-6-7-22(17-26(21)28)30(39)36(4)24-12-14-37(15-13-24)29-16-19(2)34-20(3)35-29/h6-7,9-10,16-18,24,28H,5,8,11-15H2,1-4H3/t28-/m1/s1. The lowest BCUT2D eigenvalue weighted by Crippen LogP contribution is -2.46. The molecule has 40 heavy (non-hydrogen) atoms. The Hall–Kier alpha value is -3.52. The fraction of sp³-hybridized carbons (Fsp3) is 0.419. The molecule has 2 heterocycles. The zero-order valence-corrected chi connectivity index (χ0v) is 24.2. The third-order valence-corrected chi connectivity index (χ3v) is 8.50. The van der Waals surface area contributed by atoms with E-state index in [0.29, 0.717) is 12.1 Å². The number of carbonyl (C=O) groups excluding carboxylic acids is 2. The van der Waals surface area contributed by atoms with Crippen molar-refractivity contribution >= 4 is 29.2 Å². The molecule has 5 rings (SSSR count). The zero-order valence-electron chi connectivity index (χ0n) is 23.5. The summed E-state index contributed by atoms with van der Waals surface area (Å²) < 4.78 is 13.6. The third-order valence-electron chi connectivity index (χ3n) is 8.19. The minimum absolute atomic E-state index is 0.0171. The zero-order chi connectivity index (χ0) is 28.6. The minimum atomic E-state index is -0.479. The molecule has 1 atom stereocenters. The van der Waals surface area contributed by atoms with Crippen LogP contribution in [0.25, 0.3) is 0 Å². The molecular formula is C31H35ClFN5O2. The molecule has 1 aliphatic carbocycles. The number of nitrogens with zero attached hydrogens (tertiary/aromatic N) is 5. The molecule has 9 heteroatoms. The average Bonchev–Trinajstić information content (AvgIpc) is 3.35. The highest BCUT2D eigenvalue weighted by molar-refractivity contribution is 6.33. The molecular weight excluding hydrogens is 529 g/mol. The van der Waals surface area contributed by atoms with Gasteiger partial charge in [0, 0.05) is 50.0 Å². The normalized spacial score (nSPS) is 17.1. The van der Waals surface area contributed by atoms with Gasteiger partial charge in [-0.3, -0.25) is 9.59 Å². The van der Waals surface area contributed by atoms with Gasteiger partial charge in [0.25, 0.3) is 11.8 Å². The lowest BCUT2D eigenvalue weighted by molar-refractivity contribution is 0.0688. The van der Waals surface area contributed by atoms with Crippen LogP contribution < -0.4 is 4.90 Å². The van der Waals surface area contributed by atoms with Crippen molar-refractivity contribution in [1.82, 2.24) is 19.8 Å². The molecule has 2 amide bonds. The quantitative estimate of drug-likeness (QED) is 0.380. The third kappa shape index (κ3) is 5.55. The number of fused-ring (bicyclic) bond motifs is 1. The van der Waals surface area contributed by atoms with Crippen molar-refractivity contribution in [3.8, 4) is 0 Å². The first-order valence-electron chi connectivity index (χ1n) is 13.9. The second-order valence-electron chi connectivity index (χ2n) is 10.7. The van der Waals surface area contributed by atoms with Crippen LogP contribution in [0.1, 0.15) is 75.6 Å². The van der Waals surface area contributed by atoms with Crippen LogP contribution in [-0.2, 0) is 6.42 Å². The molecule has 0 spiro atoms. The number of halogens is 2. The van der Waals surface area contributed by atoms with E-state index in [1.807, 2.05) is 57.0 Å². The van der Waals surface area contributed by atoms with Gasteiger partial charge in [-0.25, -0.2) is 14.4 Å². The number of piperidine rings is 1. The van der Waals surface area contributed by atoms with Crippen LogP contribution in [0.2, 0.25) is 5.02 Å². The number of carbonyl (C=O) groups is 2. The first-order valence-corrected chi connectivity index (χ1v) is 14.3. The maximum Gasteiger partial charge on any atom is 0.255 e. The van der Waals surface area contributed by atoms with E-state index in [0.717, 1.165) is 73.3 Å². The maximum absolute atomic E-state index is 13.6. The van der Waals surface area contributed by atoms with Crippen molar-refractivity contribution in [2.75, 3.05) is 31.6 Å². The number of anilines is 1. The molecule has 1 fully saturated rings. The van der Waals surface area contributed by atoms with E-state index in [4.69, 9.17) is 11.6 Å². The molecule has 1 aliphatic heterocycles. The molecule has 0 N–H and O–H groups in total. The Morgan fingerprint density at radius 3 is 2.45 bits per heavy atom. The van der Waals surface area contributed by atoms with Crippen LogP contribution in [0.5, 0.6) is 0 Å². The Morgan fingerprint density at radius 2 is 1.77 bits per heavy atom. The predicted molar refractivity (Wildman–Crippen MR) is 154 cm³/mol. The average molecular weight is 564 g/mol. The van der Waals surface area contributed by atoms with E-state index in [1.165, 1.54) is 12.1 Å². The van der Waals surface area contributed by atoms with Crippen molar-refractivity contribution < 1.29 is 14.0 Å². The van der Waals surface area contributed by atoms with Gasteiger partial charge in [0.2, 0.25) is 0 Å². The molecule has 210 valence electrons. The van der Waals surface area contributed by atoms with Gasteiger partial charge in [-0.1, -0.05) is 17.7 Å². The monoisotopic (exact) mass is 563 g/mol. The molecule has 0 saturated carbocycles. The van der Waals surface area contributed by atoms with Crippen LogP contribution in [0.3, 0.4) is 0 Å². The molecule has 2 aromatic carbocycles. The van der Waals surface area contributed by atoms with Crippen molar-refractivity contribution in [3.63, 3.8) is 0 Å². The van der Waals surface area contributed by atoms with E-state index >= 15 is 0 Å². The van der Waals surface area contributed by atoms with Gasteiger partial charge in [0.1, 0.15) is 17.5 Å². The SMILES string of the molecule is CCN(C(=O)c1ccc(F)cc1Cl)[C@@H]1CCc2ccc(C(=O)N(C)C3CCN(c4cc(C)nc(C)n4)CC3)cc21. The minimum Gasteiger partial charge on any atom is -0.356 e. The number of aryl methyl sites for hydroxylation is 3. The van der Waals surface area contributed by atoms with Crippen molar-refractivity contribution in [1.29, 1.82) is 0 Å². The number of hydrogen-bond acceptors (Lipinski definition) is 5. The van der Waals surface area contributed by atoms with E-state index in [1.54, 1.807) is 4.90 Å². The molecule has 2 aliphatic rings. The van der Waals surface area contributed by atoms with Crippen LogP contribution in [0, 0.1) is 19.7 Å². The lowest BCUT2D eigenvalue weighted by Gasteiger charge is -2.37. The molecule has 1 saturated heterocycles. The second-order valence-corrected chi connectivity index (χ2v) is 11.1. The molecule has 0 unspecified atom stereocenters. The van der Waals surface area contributed by atoms with Gasteiger partial charge in [-0.2, -0.15) is 0 Å². The highest BCUT2D eigenvalue weighted by atomic mass is 35.5. The second kappa shape index (κ2) is 11.5. The fourth-order valence-electron chi connectivity index (χ4n) is 6.07. The summed E-state index contributed by atoms with van der Waals surface area (Å²) >= 11 is 6.22. The molecule has 1 aromatic heterocycles. The van der Waals surface area contributed by atoms with E-state index in [2.05, 4.69) is 14.9 Å². The van der Waals surface area contributed by atoms with Crippen LogP contribution in [0.4, 0.5) is 10.2 Å². The lowest BCUT2D eigenvalue weighted by atomic mass is 9.99. The van der Waals surface area contributed by atoms with Crippen molar-refractivity contribution in [3.05, 3.63) is 87.1 Å². The Bertz CT molecular complexity index is 1420. The molecule has 3 aromatic rings. The fourth-order valence-corrected chi connectivity index (χ4v) is 6.32. The molecule has 0 bridgehead atoms. The van der Waals surface area contributed by atoms with Gasteiger partial charge in [0.15, 0.2) is 0 Å². The summed E-state index contributed by atoms with van der Waals surface area (Å²) in [6.07, 6.45) is 3.30. The van der Waals surface area contributed by atoms with Crippen LogP contribution in [0.15, 0.2) is 42.5 Å². The summed E-state index contributed by atoms with van der Waals surface area (Å²) in [6, 6.07) is 11.7. The molecule has 0 radical (unpaired) electrons. The number of amides is 2. The Balaban J connectivity index is 1.30. The van der Waals surface area contributed by atoms with Gasteiger partial charge in [0.05, 0.1) is 16.6 Å². The smallest absolute Gasteiger partial charge is 0.255 e. The van der Waals surface area contributed by atoms with Crippen molar-refractivity contribution in [2.45, 2.75) is 58.5 Å². The number of rotatable bonds is 6. The van der Waals surface area contributed by atoms with Gasteiger partial charge in [-0.15, -0.1) is 0 Å². The summed E-state index contributed by atoms with van der Waals surface area (Å²) in [4.78, 5) is 41.9. The summed E-state index contributed by atoms with van der Waals surface area (Å²) in [6.45, 7) is 7.93. The van der Waals surface area contributed by atoms with E-state index < -0.39 is 5.82 Å². The van der Waals surface area contributed by atoms with E-state index in [9.17, 15) is 14.0 Å².